The predicted octanol–water partition coefficient (Wildman–Crippen LogP) is 3.15. The van der Waals surface area contributed by atoms with Crippen LogP contribution >= 0.6 is 22.7 Å². The molecule has 1 N–H and O–H groups in total. The van der Waals surface area contributed by atoms with Gasteiger partial charge in [0, 0.05) is 34.4 Å². The van der Waals surface area contributed by atoms with Crippen LogP contribution in [0.5, 0.6) is 0 Å². The summed E-state index contributed by atoms with van der Waals surface area (Å²) in [5, 5.41) is 9.70. The molecule has 25 heavy (non-hydrogen) atoms. The molecule has 8 heteroatoms. The summed E-state index contributed by atoms with van der Waals surface area (Å²) in [5.74, 6) is 0.00560. The Morgan fingerprint density at radius 1 is 1.44 bits per heavy atom. The van der Waals surface area contributed by atoms with Gasteiger partial charge in [0.15, 0.2) is 0 Å². The van der Waals surface area contributed by atoms with Crippen molar-refractivity contribution in [2.75, 3.05) is 6.54 Å². The number of nitrogens with zero attached hydrogens (tertiary/aromatic N) is 3. The molecule has 1 amide bonds. The second-order valence-corrected chi connectivity index (χ2v) is 8.24. The van der Waals surface area contributed by atoms with E-state index in [1.807, 2.05) is 17.2 Å². The molecule has 3 aromatic heterocycles. The Balaban J connectivity index is 1.36. The molecule has 4 heterocycles. The zero-order valence-electron chi connectivity index (χ0n) is 13.8. The molecule has 0 spiro atoms. The number of amides is 1. The Bertz CT molecular complexity index is 869. The number of carbonyl (C=O) groups excluding carboxylic acids is 1. The molecule has 0 unspecified atom stereocenters. The highest BCUT2D eigenvalue weighted by molar-refractivity contribution is 7.12. The summed E-state index contributed by atoms with van der Waals surface area (Å²) < 4.78 is 5.79. The average Bonchev–Trinajstić information content (AvgIpc) is 3.34. The van der Waals surface area contributed by atoms with Crippen LogP contribution in [0.15, 0.2) is 23.7 Å². The number of aromatic amines is 1. The third-order valence-electron chi connectivity index (χ3n) is 4.10. The van der Waals surface area contributed by atoms with Gasteiger partial charge in [-0.1, -0.05) is 0 Å². The molecule has 0 aliphatic carbocycles. The normalized spacial score (nSPS) is 13.9. The molecule has 0 radical (unpaired) electrons. The van der Waals surface area contributed by atoms with Gasteiger partial charge in [-0.15, -0.1) is 22.7 Å². The Morgan fingerprint density at radius 3 is 3.12 bits per heavy atom. The number of H-pyrrole nitrogens is 1. The van der Waals surface area contributed by atoms with Crippen molar-refractivity contribution >= 4 is 28.6 Å². The fourth-order valence-corrected chi connectivity index (χ4v) is 4.62. The van der Waals surface area contributed by atoms with Gasteiger partial charge in [-0.3, -0.25) is 9.89 Å². The highest BCUT2D eigenvalue weighted by Crippen LogP contribution is 2.29. The van der Waals surface area contributed by atoms with Crippen LogP contribution < -0.4 is 0 Å². The van der Waals surface area contributed by atoms with E-state index in [0.717, 1.165) is 23.7 Å². The quantitative estimate of drug-likeness (QED) is 0.745. The largest absolute Gasteiger partial charge is 0.370 e. The molecule has 0 saturated heterocycles. The van der Waals surface area contributed by atoms with Crippen LogP contribution in [0.4, 0.5) is 0 Å². The van der Waals surface area contributed by atoms with Crippen molar-refractivity contribution in [3.63, 3.8) is 0 Å². The van der Waals surface area contributed by atoms with Crippen molar-refractivity contribution in [2.24, 2.45) is 0 Å². The average molecular weight is 374 g/mol. The van der Waals surface area contributed by atoms with Gasteiger partial charge < -0.3 is 9.64 Å². The Morgan fingerprint density at radius 2 is 2.36 bits per heavy atom. The summed E-state index contributed by atoms with van der Waals surface area (Å²) in [6, 6.07) is 3.88. The number of aromatic nitrogens is 3. The summed E-state index contributed by atoms with van der Waals surface area (Å²) in [4.78, 5) is 21.3. The highest BCUT2D eigenvalue weighted by Gasteiger charge is 2.24. The molecule has 130 valence electrons. The SMILES string of the molecule is Cc1nc(COCc2cc3c(s2)CCN(C(=O)c2ccn[nH]2)C3)cs1. The minimum absolute atomic E-state index is 0.00560. The summed E-state index contributed by atoms with van der Waals surface area (Å²) in [6.07, 6.45) is 2.50. The molecule has 1 aliphatic heterocycles. The molecule has 0 aromatic carbocycles. The van der Waals surface area contributed by atoms with Crippen molar-refractivity contribution in [2.45, 2.75) is 33.1 Å². The van der Waals surface area contributed by atoms with E-state index in [1.54, 1.807) is 34.9 Å². The van der Waals surface area contributed by atoms with E-state index in [9.17, 15) is 4.79 Å². The minimum Gasteiger partial charge on any atom is -0.370 e. The first-order chi connectivity index (χ1) is 12.2. The smallest absolute Gasteiger partial charge is 0.272 e. The fourth-order valence-electron chi connectivity index (χ4n) is 2.92. The van der Waals surface area contributed by atoms with Gasteiger partial charge in [0.1, 0.15) is 5.69 Å². The first kappa shape index (κ1) is 16.4. The molecule has 1 aliphatic rings. The van der Waals surface area contributed by atoms with Crippen LogP contribution in [-0.2, 0) is 30.9 Å². The van der Waals surface area contributed by atoms with Crippen molar-refractivity contribution < 1.29 is 9.53 Å². The van der Waals surface area contributed by atoms with Crippen molar-refractivity contribution in [1.82, 2.24) is 20.1 Å². The summed E-state index contributed by atoms with van der Waals surface area (Å²) in [7, 11) is 0. The Kier molecular flexibility index (Phi) is 4.65. The van der Waals surface area contributed by atoms with Gasteiger partial charge in [0.2, 0.25) is 0 Å². The second kappa shape index (κ2) is 7.07. The van der Waals surface area contributed by atoms with Crippen molar-refractivity contribution in [3.05, 3.63) is 55.4 Å². The number of carbonyl (C=O) groups is 1. The monoisotopic (exact) mass is 374 g/mol. The maximum atomic E-state index is 12.4. The van der Waals surface area contributed by atoms with Crippen LogP contribution in [0.3, 0.4) is 0 Å². The minimum atomic E-state index is 0.00560. The molecule has 6 nitrogen and oxygen atoms in total. The molecule has 0 saturated carbocycles. The molecule has 4 rings (SSSR count). The van der Waals surface area contributed by atoms with Crippen LogP contribution in [0.2, 0.25) is 0 Å². The molecule has 0 bridgehead atoms. The molecule has 3 aromatic rings. The predicted molar refractivity (Wildman–Crippen MR) is 96.7 cm³/mol. The van der Waals surface area contributed by atoms with Crippen LogP contribution in [0.25, 0.3) is 0 Å². The third-order valence-corrected chi connectivity index (χ3v) is 6.13. The lowest BCUT2D eigenvalue weighted by atomic mass is 10.1. The molecular formula is C17H18N4O2S2. The zero-order valence-corrected chi connectivity index (χ0v) is 15.5. The molecule has 0 atom stereocenters. The van der Waals surface area contributed by atoms with E-state index >= 15 is 0 Å². The van der Waals surface area contributed by atoms with Gasteiger partial charge in [0.05, 0.1) is 23.9 Å². The van der Waals surface area contributed by atoms with Gasteiger partial charge >= 0.3 is 0 Å². The number of aryl methyl sites for hydroxylation is 1. The fraction of sp³-hybridized carbons (Fsp3) is 0.353. The van der Waals surface area contributed by atoms with Crippen LogP contribution in [0.1, 0.15) is 36.5 Å². The number of ether oxygens (including phenoxy) is 1. The van der Waals surface area contributed by atoms with E-state index in [2.05, 4.69) is 21.2 Å². The molecule has 0 fully saturated rings. The van der Waals surface area contributed by atoms with E-state index in [-0.39, 0.29) is 5.91 Å². The number of rotatable bonds is 5. The number of hydrogen-bond donors (Lipinski definition) is 1. The summed E-state index contributed by atoms with van der Waals surface area (Å²) in [5.41, 5.74) is 2.76. The zero-order chi connectivity index (χ0) is 17.2. The van der Waals surface area contributed by atoms with Crippen molar-refractivity contribution in [1.29, 1.82) is 0 Å². The van der Waals surface area contributed by atoms with E-state index in [0.29, 0.717) is 25.5 Å². The van der Waals surface area contributed by atoms with Crippen LogP contribution in [-0.4, -0.2) is 32.5 Å². The Hall–Kier alpha value is -2.03. The van der Waals surface area contributed by atoms with Crippen LogP contribution in [0, 0.1) is 6.92 Å². The van der Waals surface area contributed by atoms with Gasteiger partial charge in [0.25, 0.3) is 5.91 Å². The number of thiazole rings is 1. The van der Waals surface area contributed by atoms with E-state index in [1.165, 1.54) is 15.3 Å². The number of nitrogens with one attached hydrogen (secondary N) is 1. The highest BCUT2D eigenvalue weighted by atomic mass is 32.1. The second-order valence-electron chi connectivity index (χ2n) is 5.96. The lowest BCUT2D eigenvalue weighted by Crippen LogP contribution is -2.35. The maximum Gasteiger partial charge on any atom is 0.272 e. The Labute approximate surface area is 153 Å². The number of thiophene rings is 1. The lowest BCUT2D eigenvalue weighted by molar-refractivity contribution is 0.0729. The van der Waals surface area contributed by atoms with Gasteiger partial charge in [-0.05, 0) is 31.0 Å². The lowest BCUT2D eigenvalue weighted by Gasteiger charge is -2.26. The standard InChI is InChI=1S/C17H18N4O2S2/c1-11-19-13(10-24-11)8-23-9-14-6-12-7-21(5-3-16(12)25-14)17(22)15-2-4-18-20-15/h2,4,6,10H,3,5,7-9H2,1H3,(H,18,20). The maximum absolute atomic E-state index is 12.4. The summed E-state index contributed by atoms with van der Waals surface area (Å²) in [6.45, 7) is 4.51. The van der Waals surface area contributed by atoms with E-state index in [4.69, 9.17) is 4.74 Å². The van der Waals surface area contributed by atoms with Crippen molar-refractivity contribution in [3.8, 4) is 0 Å². The third kappa shape index (κ3) is 3.65. The molecular weight excluding hydrogens is 356 g/mol. The first-order valence-corrected chi connectivity index (χ1v) is 9.76. The first-order valence-electron chi connectivity index (χ1n) is 8.07. The summed E-state index contributed by atoms with van der Waals surface area (Å²) >= 11 is 3.43. The van der Waals surface area contributed by atoms with Gasteiger partial charge in [-0.25, -0.2) is 4.98 Å². The van der Waals surface area contributed by atoms with E-state index < -0.39 is 0 Å². The number of hydrogen-bond acceptors (Lipinski definition) is 6. The van der Waals surface area contributed by atoms with Gasteiger partial charge in [-0.2, -0.15) is 5.10 Å². The number of fused-ring (bicyclic) bond motifs is 1. The topological polar surface area (TPSA) is 71.1 Å².